The molecule has 1 fully saturated rings. The molecule has 3 aromatic rings. The fraction of sp³-hybridized carbons (Fsp3) is 0.259. The van der Waals surface area contributed by atoms with E-state index >= 15 is 0 Å². The number of hydrogen-bond acceptors (Lipinski definition) is 5. The minimum atomic E-state index is -3.62. The van der Waals surface area contributed by atoms with Gasteiger partial charge in [0.1, 0.15) is 0 Å². The minimum absolute atomic E-state index is 0.221. The average molecular weight is 478 g/mol. The van der Waals surface area contributed by atoms with Gasteiger partial charge >= 0.3 is 5.97 Å². The quantitative estimate of drug-likeness (QED) is 0.368. The molecule has 0 spiro atoms. The normalized spacial score (nSPS) is 16.0. The first-order valence-electron chi connectivity index (χ1n) is 11.3. The highest BCUT2D eigenvalue weighted by Gasteiger charge is 2.35. The molecule has 1 heterocycles. The standard InChI is InChI=1S/C27H27NO5S/c1-20-12-14-24(15-13-20)34(31,32)28-18-16-23(17-19-28)27(30)33-26(22-10-6-3-7-11-22)25(29)21-8-4-2-5-9-21/h2-15,23,26H,16-19H2,1H3. The molecule has 0 aliphatic carbocycles. The second-order valence-corrected chi connectivity index (χ2v) is 10.4. The van der Waals surface area contributed by atoms with Gasteiger partial charge in [-0.2, -0.15) is 4.31 Å². The summed E-state index contributed by atoms with van der Waals surface area (Å²) >= 11 is 0. The van der Waals surface area contributed by atoms with Gasteiger partial charge < -0.3 is 4.74 Å². The summed E-state index contributed by atoms with van der Waals surface area (Å²) in [6, 6.07) is 24.4. The van der Waals surface area contributed by atoms with E-state index in [0.29, 0.717) is 24.0 Å². The molecule has 0 aromatic heterocycles. The molecule has 1 aliphatic rings. The van der Waals surface area contributed by atoms with E-state index < -0.39 is 28.0 Å². The molecule has 1 atom stereocenters. The first-order valence-corrected chi connectivity index (χ1v) is 12.7. The lowest BCUT2D eigenvalue weighted by Crippen LogP contribution is -2.41. The third-order valence-electron chi connectivity index (χ3n) is 6.08. The summed E-state index contributed by atoms with van der Waals surface area (Å²) in [5.41, 5.74) is 2.05. The number of hydrogen-bond donors (Lipinski definition) is 0. The Morgan fingerprint density at radius 1 is 0.853 bits per heavy atom. The highest BCUT2D eigenvalue weighted by Crippen LogP contribution is 2.29. The van der Waals surface area contributed by atoms with Crippen LogP contribution in [0.5, 0.6) is 0 Å². The third kappa shape index (κ3) is 5.26. The monoisotopic (exact) mass is 477 g/mol. The van der Waals surface area contributed by atoms with Gasteiger partial charge in [-0.05, 0) is 31.9 Å². The van der Waals surface area contributed by atoms with E-state index in [2.05, 4.69) is 0 Å². The first-order chi connectivity index (χ1) is 16.4. The van der Waals surface area contributed by atoms with E-state index in [0.717, 1.165) is 5.56 Å². The summed E-state index contributed by atoms with van der Waals surface area (Å²) < 4.78 is 33.1. The van der Waals surface area contributed by atoms with Crippen LogP contribution in [0, 0.1) is 12.8 Å². The molecule has 0 N–H and O–H groups in total. The predicted molar refractivity (Wildman–Crippen MR) is 129 cm³/mol. The number of piperidine rings is 1. The summed E-state index contributed by atoms with van der Waals surface area (Å²) in [6.07, 6.45) is -0.374. The number of Topliss-reactive ketones (excluding diaryl/α,β-unsaturated/α-hetero) is 1. The fourth-order valence-electron chi connectivity index (χ4n) is 4.06. The molecule has 3 aromatic carbocycles. The number of carbonyl (C=O) groups is 2. The molecule has 7 heteroatoms. The number of aryl methyl sites for hydroxylation is 1. The van der Waals surface area contributed by atoms with Crippen molar-refractivity contribution < 1.29 is 22.7 Å². The van der Waals surface area contributed by atoms with E-state index in [1.807, 2.05) is 19.1 Å². The maximum absolute atomic E-state index is 13.2. The zero-order chi connectivity index (χ0) is 24.1. The summed E-state index contributed by atoms with van der Waals surface area (Å²) in [5, 5.41) is 0. The van der Waals surface area contributed by atoms with Crippen LogP contribution >= 0.6 is 0 Å². The lowest BCUT2D eigenvalue weighted by atomic mass is 9.97. The van der Waals surface area contributed by atoms with Crippen molar-refractivity contribution in [2.24, 2.45) is 5.92 Å². The van der Waals surface area contributed by atoms with Gasteiger partial charge in [0.25, 0.3) is 0 Å². The van der Waals surface area contributed by atoms with E-state index in [9.17, 15) is 18.0 Å². The van der Waals surface area contributed by atoms with Crippen molar-refractivity contribution in [1.82, 2.24) is 4.31 Å². The molecule has 1 unspecified atom stereocenters. The van der Waals surface area contributed by atoms with Crippen LogP contribution in [-0.4, -0.2) is 37.6 Å². The molecule has 1 aliphatic heterocycles. The van der Waals surface area contributed by atoms with Gasteiger partial charge in [0.2, 0.25) is 15.8 Å². The van der Waals surface area contributed by atoms with Crippen molar-refractivity contribution in [3.05, 3.63) is 102 Å². The Balaban J connectivity index is 1.45. The highest BCUT2D eigenvalue weighted by molar-refractivity contribution is 7.89. The van der Waals surface area contributed by atoms with Gasteiger partial charge in [-0.25, -0.2) is 8.42 Å². The van der Waals surface area contributed by atoms with Gasteiger partial charge in [0.05, 0.1) is 10.8 Å². The lowest BCUT2D eigenvalue weighted by Gasteiger charge is -2.31. The molecule has 1 saturated heterocycles. The molecular formula is C27H27NO5S. The van der Waals surface area contributed by atoms with Crippen molar-refractivity contribution in [3.63, 3.8) is 0 Å². The van der Waals surface area contributed by atoms with E-state index in [1.165, 1.54) is 4.31 Å². The Hall–Kier alpha value is -3.29. The summed E-state index contributed by atoms with van der Waals surface area (Å²) in [6.45, 7) is 2.34. The number of rotatable bonds is 7. The predicted octanol–water partition coefficient (Wildman–Crippen LogP) is 4.56. The van der Waals surface area contributed by atoms with Crippen LogP contribution in [0.4, 0.5) is 0 Å². The number of benzene rings is 3. The maximum Gasteiger partial charge on any atom is 0.310 e. The largest absolute Gasteiger partial charge is 0.449 e. The van der Waals surface area contributed by atoms with Crippen molar-refractivity contribution in [3.8, 4) is 0 Å². The Bertz CT molecular complexity index is 1230. The number of sulfonamides is 1. The van der Waals surface area contributed by atoms with Gasteiger partial charge in [-0.15, -0.1) is 0 Å². The second-order valence-electron chi connectivity index (χ2n) is 8.45. The highest BCUT2D eigenvalue weighted by atomic mass is 32.2. The first kappa shape index (κ1) is 23.9. The van der Waals surface area contributed by atoms with Crippen LogP contribution in [0.1, 0.15) is 40.4 Å². The van der Waals surface area contributed by atoms with Crippen molar-refractivity contribution >= 4 is 21.8 Å². The van der Waals surface area contributed by atoms with Gasteiger partial charge in [0.15, 0.2) is 6.10 Å². The Labute approximate surface area is 200 Å². The fourth-order valence-corrected chi connectivity index (χ4v) is 5.53. The molecule has 0 amide bonds. The molecule has 34 heavy (non-hydrogen) atoms. The Morgan fingerprint density at radius 3 is 2.00 bits per heavy atom. The zero-order valence-corrected chi connectivity index (χ0v) is 19.8. The molecule has 4 rings (SSSR count). The van der Waals surface area contributed by atoms with Crippen LogP contribution in [0.15, 0.2) is 89.8 Å². The van der Waals surface area contributed by atoms with Crippen LogP contribution in [0.3, 0.4) is 0 Å². The zero-order valence-electron chi connectivity index (χ0n) is 19.0. The van der Waals surface area contributed by atoms with E-state index in [-0.39, 0.29) is 23.8 Å². The second kappa shape index (κ2) is 10.3. The van der Waals surface area contributed by atoms with E-state index in [4.69, 9.17) is 4.74 Å². The van der Waals surface area contributed by atoms with Crippen LogP contribution in [-0.2, 0) is 19.6 Å². The Morgan fingerprint density at radius 2 is 1.41 bits per heavy atom. The SMILES string of the molecule is Cc1ccc(S(=O)(=O)N2CCC(C(=O)OC(C(=O)c3ccccc3)c3ccccc3)CC2)cc1. The van der Waals surface area contributed by atoms with Gasteiger partial charge in [-0.1, -0.05) is 78.4 Å². The third-order valence-corrected chi connectivity index (χ3v) is 7.99. The molecule has 176 valence electrons. The number of ether oxygens (including phenoxy) is 1. The number of carbonyl (C=O) groups excluding carboxylic acids is 2. The molecule has 6 nitrogen and oxygen atoms in total. The molecule has 0 radical (unpaired) electrons. The number of ketones is 1. The Kier molecular flexibility index (Phi) is 7.24. The van der Waals surface area contributed by atoms with Crippen LogP contribution in [0.25, 0.3) is 0 Å². The van der Waals surface area contributed by atoms with E-state index in [1.54, 1.807) is 72.8 Å². The van der Waals surface area contributed by atoms with Crippen LogP contribution in [0.2, 0.25) is 0 Å². The van der Waals surface area contributed by atoms with Crippen LogP contribution < -0.4 is 0 Å². The minimum Gasteiger partial charge on any atom is -0.449 e. The average Bonchev–Trinajstić information content (AvgIpc) is 2.88. The topological polar surface area (TPSA) is 80.8 Å². The smallest absolute Gasteiger partial charge is 0.310 e. The molecular weight excluding hydrogens is 450 g/mol. The molecule has 0 saturated carbocycles. The van der Waals surface area contributed by atoms with Gasteiger partial charge in [0, 0.05) is 24.2 Å². The molecule has 0 bridgehead atoms. The lowest BCUT2D eigenvalue weighted by molar-refractivity contribution is -0.153. The maximum atomic E-state index is 13.2. The van der Waals surface area contributed by atoms with Crippen molar-refractivity contribution in [2.75, 3.05) is 13.1 Å². The summed E-state index contributed by atoms with van der Waals surface area (Å²) in [7, 11) is -3.62. The number of esters is 1. The van der Waals surface area contributed by atoms with Crippen molar-refractivity contribution in [2.45, 2.75) is 30.8 Å². The summed E-state index contributed by atoms with van der Waals surface area (Å²) in [4.78, 5) is 26.4. The number of nitrogens with zero attached hydrogens (tertiary/aromatic N) is 1. The van der Waals surface area contributed by atoms with Gasteiger partial charge in [-0.3, -0.25) is 9.59 Å². The summed E-state index contributed by atoms with van der Waals surface area (Å²) in [5.74, 6) is -1.25. The van der Waals surface area contributed by atoms with Crippen molar-refractivity contribution in [1.29, 1.82) is 0 Å².